The van der Waals surface area contributed by atoms with Crippen molar-refractivity contribution in [2.24, 2.45) is 5.73 Å². The average Bonchev–Trinajstić information content (AvgIpc) is 2.42. The molecule has 18 heavy (non-hydrogen) atoms. The van der Waals surface area contributed by atoms with Crippen LogP contribution in [0, 0.1) is 0 Å². The van der Waals surface area contributed by atoms with Crippen LogP contribution < -0.4 is 10.5 Å². The third-order valence-corrected chi connectivity index (χ3v) is 3.26. The van der Waals surface area contributed by atoms with Crippen LogP contribution >= 0.6 is 0 Å². The van der Waals surface area contributed by atoms with E-state index in [1.54, 1.807) is 7.11 Å². The molecule has 0 saturated heterocycles. The van der Waals surface area contributed by atoms with Crippen LogP contribution in [-0.4, -0.2) is 13.7 Å². The number of allylic oxidation sites excluding steroid dienone is 2. The number of hydrogen-bond acceptors (Lipinski definition) is 2. The van der Waals surface area contributed by atoms with Gasteiger partial charge in [0.05, 0.1) is 7.11 Å². The first-order valence-corrected chi connectivity index (χ1v) is 6.73. The van der Waals surface area contributed by atoms with Crippen LogP contribution in [0.1, 0.15) is 44.6 Å². The number of benzene rings is 1. The molecule has 0 aliphatic heterocycles. The van der Waals surface area contributed by atoms with Crippen molar-refractivity contribution in [1.29, 1.82) is 0 Å². The van der Waals surface area contributed by atoms with E-state index in [0.29, 0.717) is 12.5 Å². The summed E-state index contributed by atoms with van der Waals surface area (Å²) in [4.78, 5) is 0. The second kappa shape index (κ2) is 7.93. The van der Waals surface area contributed by atoms with Gasteiger partial charge in [0.25, 0.3) is 0 Å². The first-order chi connectivity index (χ1) is 8.72. The number of rotatable bonds is 7. The van der Waals surface area contributed by atoms with Gasteiger partial charge in [0.15, 0.2) is 0 Å². The van der Waals surface area contributed by atoms with Gasteiger partial charge in [-0.15, -0.1) is 0 Å². The van der Waals surface area contributed by atoms with E-state index in [1.165, 1.54) is 17.6 Å². The molecule has 2 heteroatoms. The number of unbranched alkanes of at least 4 members (excludes halogenated alkanes) is 1. The van der Waals surface area contributed by atoms with Crippen molar-refractivity contribution in [1.82, 2.24) is 0 Å². The molecule has 1 rings (SSSR count). The summed E-state index contributed by atoms with van der Waals surface area (Å²) in [5.74, 6) is 1.33. The summed E-state index contributed by atoms with van der Waals surface area (Å²) in [6, 6.07) is 8.30. The number of ether oxygens (including phenoxy) is 1. The molecule has 0 aliphatic rings. The maximum atomic E-state index is 5.75. The lowest BCUT2D eigenvalue weighted by atomic mass is 9.88. The quantitative estimate of drug-likeness (QED) is 0.742. The molecular weight excluding hydrogens is 222 g/mol. The van der Waals surface area contributed by atoms with Gasteiger partial charge in [-0.1, -0.05) is 37.1 Å². The van der Waals surface area contributed by atoms with Gasteiger partial charge in [0, 0.05) is 5.92 Å². The maximum Gasteiger partial charge on any atom is 0.119 e. The van der Waals surface area contributed by atoms with Crippen molar-refractivity contribution in [3.05, 3.63) is 41.5 Å². The Kier molecular flexibility index (Phi) is 6.51. The van der Waals surface area contributed by atoms with Crippen molar-refractivity contribution in [2.75, 3.05) is 13.7 Å². The Morgan fingerprint density at radius 2 is 2.22 bits per heavy atom. The van der Waals surface area contributed by atoms with E-state index in [0.717, 1.165) is 18.6 Å². The van der Waals surface area contributed by atoms with Gasteiger partial charge in [0.2, 0.25) is 0 Å². The van der Waals surface area contributed by atoms with Crippen LogP contribution in [-0.2, 0) is 0 Å². The molecular formula is C16H25NO. The molecule has 0 fully saturated rings. The highest BCUT2D eigenvalue weighted by atomic mass is 16.5. The molecule has 2 N–H and O–H groups in total. The van der Waals surface area contributed by atoms with Crippen LogP contribution in [0.25, 0.3) is 0 Å². The number of methoxy groups -OCH3 is 1. The molecule has 0 heterocycles. The normalized spacial score (nSPS) is 13.4. The van der Waals surface area contributed by atoms with Crippen LogP contribution in [0.3, 0.4) is 0 Å². The van der Waals surface area contributed by atoms with Crippen molar-refractivity contribution < 1.29 is 4.74 Å². The van der Waals surface area contributed by atoms with Gasteiger partial charge in [-0.2, -0.15) is 0 Å². The third-order valence-electron chi connectivity index (χ3n) is 3.26. The molecule has 1 aromatic rings. The van der Waals surface area contributed by atoms with Crippen LogP contribution in [0.15, 0.2) is 35.9 Å². The summed E-state index contributed by atoms with van der Waals surface area (Å²) in [6.07, 6.45) is 5.64. The fourth-order valence-electron chi connectivity index (χ4n) is 2.20. The van der Waals surface area contributed by atoms with E-state index in [4.69, 9.17) is 10.5 Å². The highest BCUT2D eigenvalue weighted by Gasteiger charge is 2.13. The minimum absolute atomic E-state index is 0.414. The molecule has 0 aromatic heterocycles. The van der Waals surface area contributed by atoms with Gasteiger partial charge in [0.1, 0.15) is 5.75 Å². The topological polar surface area (TPSA) is 35.2 Å². The zero-order chi connectivity index (χ0) is 13.4. The predicted octanol–water partition coefficient (Wildman–Crippen LogP) is 3.87. The molecule has 1 atom stereocenters. The zero-order valence-corrected chi connectivity index (χ0v) is 11.8. The fourth-order valence-corrected chi connectivity index (χ4v) is 2.20. The smallest absolute Gasteiger partial charge is 0.119 e. The molecule has 0 radical (unpaired) electrons. The molecule has 1 aromatic carbocycles. The Bertz CT molecular complexity index is 384. The summed E-state index contributed by atoms with van der Waals surface area (Å²) >= 11 is 0. The fraction of sp³-hybridized carbons (Fsp3) is 0.500. The van der Waals surface area contributed by atoms with E-state index < -0.39 is 0 Å². The molecule has 2 nitrogen and oxygen atoms in total. The summed E-state index contributed by atoms with van der Waals surface area (Å²) in [7, 11) is 1.71. The minimum atomic E-state index is 0.414. The van der Waals surface area contributed by atoms with Crippen molar-refractivity contribution in [3.8, 4) is 5.75 Å². The molecule has 0 bridgehead atoms. The standard InChI is InChI=1S/C16H25NO/c1-4-5-7-13(2)16(10-11-17)14-8-6-9-15(12-14)18-3/h6-9,12,16H,4-5,10-11,17H2,1-3H3/b13-7+. The molecule has 0 saturated carbocycles. The average molecular weight is 247 g/mol. The van der Waals surface area contributed by atoms with Gasteiger partial charge in [-0.25, -0.2) is 0 Å². The lowest BCUT2D eigenvalue weighted by Crippen LogP contribution is -2.09. The molecule has 100 valence electrons. The van der Waals surface area contributed by atoms with Crippen molar-refractivity contribution in [3.63, 3.8) is 0 Å². The van der Waals surface area contributed by atoms with Gasteiger partial charge >= 0.3 is 0 Å². The Morgan fingerprint density at radius 1 is 1.44 bits per heavy atom. The number of hydrogen-bond donors (Lipinski definition) is 1. The second-order valence-corrected chi connectivity index (χ2v) is 4.64. The highest BCUT2D eigenvalue weighted by Crippen LogP contribution is 2.29. The lowest BCUT2D eigenvalue weighted by Gasteiger charge is -2.18. The lowest BCUT2D eigenvalue weighted by molar-refractivity contribution is 0.414. The Hall–Kier alpha value is -1.28. The Labute approximate surface area is 111 Å². The second-order valence-electron chi connectivity index (χ2n) is 4.64. The van der Waals surface area contributed by atoms with E-state index in [2.05, 4.69) is 32.1 Å². The van der Waals surface area contributed by atoms with E-state index >= 15 is 0 Å². The van der Waals surface area contributed by atoms with Crippen LogP contribution in [0.4, 0.5) is 0 Å². The van der Waals surface area contributed by atoms with Crippen LogP contribution in [0.2, 0.25) is 0 Å². The summed E-state index contributed by atoms with van der Waals surface area (Å²) in [5.41, 5.74) is 8.45. The zero-order valence-electron chi connectivity index (χ0n) is 11.8. The van der Waals surface area contributed by atoms with Crippen molar-refractivity contribution in [2.45, 2.75) is 39.0 Å². The van der Waals surface area contributed by atoms with Gasteiger partial charge in [-0.05, 0) is 44.0 Å². The number of nitrogens with two attached hydrogens (primary N) is 1. The highest BCUT2D eigenvalue weighted by molar-refractivity contribution is 5.35. The van der Waals surface area contributed by atoms with Gasteiger partial charge in [-0.3, -0.25) is 0 Å². The van der Waals surface area contributed by atoms with Crippen molar-refractivity contribution >= 4 is 0 Å². The molecule has 0 amide bonds. The SMILES string of the molecule is CCC/C=C(\C)C(CCN)c1cccc(OC)c1. The summed E-state index contributed by atoms with van der Waals surface area (Å²) in [6.45, 7) is 5.11. The molecule has 1 unspecified atom stereocenters. The molecule has 0 aliphatic carbocycles. The Balaban J connectivity index is 2.95. The van der Waals surface area contributed by atoms with E-state index in [1.807, 2.05) is 12.1 Å². The summed E-state index contributed by atoms with van der Waals surface area (Å²) in [5, 5.41) is 0. The van der Waals surface area contributed by atoms with Gasteiger partial charge < -0.3 is 10.5 Å². The third kappa shape index (κ3) is 4.19. The minimum Gasteiger partial charge on any atom is -0.497 e. The first-order valence-electron chi connectivity index (χ1n) is 6.73. The first kappa shape index (κ1) is 14.8. The van der Waals surface area contributed by atoms with E-state index in [9.17, 15) is 0 Å². The maximum absolute atomic E-state index is 5.75. The van der Waals surface area contributed by atoms with Crippen LogP contribution in [0.5, 0.6) is 5.75 Å². The largest absolute Gasteiger partial charge is 0.497 e. The summed E-state index contributed by atoms with van der Waals surface area (Å²) < 4.78 is 5.29. The Morgan fingerprint density at radius 3 is 2.83 bits per heavy atom. The molecule has 0 spiro atoms. The predicted molar refractivity (Wildman–Crippen MR) is 78.1 cm³/mol. The van der Waals surface area contributed by atoms with E-state index in [-0.39, 0.29) is 0 Å². The monoisotopic (exact) mass is 247 g/mol.